The summed E-state index contributed by atoms with van der Waals surface area (Å²) < 4.78 is 0. The SMILES string of the molecule is CC(C)N1CCc2nc(N)nnc2C1. The first kappa shape index (κ1) is 9.33. The molecule has 0 aliphatic carbocycles. The van der Waals surface area contributed by atoms with Gasteiger partial charge in [0.2, 0.25) is 5.95 Å². The molecule has 0 bridgehead atoms. The average molecular weight is 193 g/mol. The van der Waals surface area contributed by atoms with Crippen LogP contribution in [0.15, 0.2) is 0 Å². The predicted molar refractivity (Wildman–Crippen MR) is 53.5 cm³/mol. The number of nitrogen functional groups attached to an aromatic ring is 1. The predicted octanol–water partition coefficient (Wildman–Crippen LogP) is 0.220. The minimum absolute atomic E-state index is 0.279. The highest BCUT2D eigenvalue weighted by Crippen LogP contribution is 2.16. The first-order valence-corrected chi connectivity index (χ1v) is 4.89. The van der Waals surface area contributed by atoms with Crippen molar-refractivity contribution in [3.63, 3.8) is 0 Å². The number of nitrogens with zero attached hydrogens (tertiary/aromatic N) is 4. The number of hydrogen-bond donors (Lipinski definition) is 1. The Morgan fingerprint density at radius 2 is 2.07 bits per heavy atom. The van der Waals surface area contributed by atoms with E-state index in [1.807, 2.05) is 0 Å². The number of rotatable bonds is 1. The van der Waals surface area contributed by atoms with Gasteiger partial charge in [0.25, 0.3) is 0 Å². The lowest BCUT2D eigenvalue weighted by molar-refractivity contribution is 0.197. The van der Waals surface area contributed by atoms with Gasteiger partial charge in [0.05, 0.1) is 11.4 Å². The van der Waals surface area contributed by atoms with Gasteiger partial charge < -0.3 is 5.73 Å². The van der Waals surface area contributed by atoms with Crippen molar-refractivity contribution in [3.8, 4) is 0 Å². The lowest BCUT2D eigenvalue weighted by Gasteiger charge is -2.30. The Morgan fingerprint density at radius 3 is 2.79 bits per heavy atom. The third-order valence-electron chi connectivity index (χ3n) is 2.57. The second-order valence-corrected chi connectivity index (χ2v) is 3.88. The molecule has 0 unspecified atom stereocenters. The quantitative estimate of drug-likeness (QED) is 0.691. The zero-order valence-corrected chi connectivity index (χ0v) is 8.56. The van der Waals surface area contributed by atoms with Crippen molar-refractivity contribution in [3.05, 3.63) is 11.4 Å². The molecule has 0 radical (unpaired) electrons. The molecule has 0 aromatic carbocycles. The van der Waals surface area contributed by atoms with Gasteiger partial charge in [0.1, 0.15) is 0 Å². The van der Waals surface area contributed by atoms with E-state index in [1.54, 1.807) is 0 Å². The average Bonchev–Trinajstić information content (AvgIpc) is 2.16. The topological polar surface area (TPSA) is 67.9 Å². The molecular weight excluding hydrogens is 178 g/mol. The van der Waals surface area contributed by atoms with Crippen LogP contribution < -0.4 is 5.73 Å². The van der Waals surface area contributed by atoms with E-state index < -0.39 is 0 Å². The molecule has 2 heterocycles. The van der Waals surface area contributed by atoms with E-state index in [2.05, 4.69) is 33.9 Å². The lowest BCUT2D eigenvalue weighted by atomic mass is 10.1. The summed E-state index contributed by atoms with van der Waals surface area (Å²) in [5, 5.41) is 7.85. The second-order valence-electron chi connectivity index (χ2n) is 3.88. The molecule has 2 N–H and O–H groups in total. The van der Waals surface area contributed by atoms with Crippen LogP contribution in [0.4, 0.5) is 5.95 Å². The zero-order chi connectivity index (χ0) is 10.1. The minimum Gasteiger partial charge on any atom is -0.366 e. The normalized spacial score (nSPS) is 17.1. The third-order valence-corrected chi connectivity index (χ3v) is 2.57. The summed E-state index contributed by atoms with van der Waals surface area (Å²) in [5.74, 6) is 0.279. The fourth-order valence-electron chi connectivity index (χ4n) is 1.68. The summed E-state index contributed by atoms with van der Waals surface area (Å²) in [6, 6.07) is 0.544. The molecule has 5 heteroatoms. The first-order chi connectivity index (χ1) is 6.66. The Labute approximate surface area is 83.3 Å². The smallest absolute Gasteiger partial charge is 0.240 e. The molecule has 1 aliphatic rings. The van der Waals surface area contributed by atoms with Crippen molar-refractivity contribution in [1.29, 1.82) is 0 Å². The molecule has 0 fully saturated rings. The largest absolute Gasteiger partial charge is 0.366 e. The second kappa shape index (κ2) is 3.49. The standard InChI is InChI=1S/C9H15N5/c1-6(2)14-4-3-7-8(5-14)12-13-9(10)11-7/h6H,3-5H2,1-2H3,(H2,10,11,13). The van der Waals surface area contributed by atoms with E-state index >= 15 is 0 Å². The van der Waals surface area contributed by atoms with Crippen molar-refractivity contribution in [2.24, 2.45) is 0 Å². The van der Waals surface area contributed by atoms with Crippen LogP contribution in [-0.2, 0) is 13.0 Å². The van der Waals surface area contributed by atoms with Gasteiger partial charge in [-0.1, -0.05) is 0 Å². The molecule has 14 heavy (non-hydrogen) atoms. The summed E-state index contributed by atoms with van der Waals surface area (Å²) in [6.45, 7) is 6.24. The zero-order valence-electron chi connectivity index (χ0n) is 8.56. The van der Waals surface area contributed by atoms with Crippen LogP contribution in [0.2, 0.25) is 0 Å². The van der Waals surface area contributed by atoms with E-state index in [-0.39, 0.29) is 5.95 Å². The van der Waals surface area contributed by atoms with Crippen LogP contribution in [0.1, 0.15) is 25.2 Å². The summed E-state index contributed by atoms with van der Waals surface area (Å²) in [6.07, 6.45) is 0.924. The molecule has 76 valence electrons. The number of anilines is 1. The Morgan fingerprint density at radius 1 is 1.29 bits per heavy atom. The number of hydrogen-bond acceptors (Lipinski definition) is 5. The fourth-order valence-corrected chi connectivity index (χ4v) is 1.68. The summed E-state index contributed by atoms with van der Waals surface area (Å²) in [7, 11) is 0. The molecule has 0 spiro atoms. The van der Waals surface area contributed by atoms with Gasteiger partial charge in [0.15, 0.2) is 0 Å². The summed E-state index contributed by atoms with van der Waals surface area (Å²) in [5.41, 5.74) is 7.46. The van der Waals surface area contributed by atoms with E-state index in [0.717, 1.165) is 30.9 Å². The molecule has 0 amide bonds. The minimum atomic E-state index is 0.279. The van der Waals surface area contributed by atoms with Gasteiger partial charge in [-0.3, -0.25) is 4.90 Å². The van der Waals surface area contributed by atoms with Gasteiger partial charge in [0, 0.05) is 25.6 Å². The van der Waals surface area contributed by atoms with Gasteiger partial charge in [-0.25, -0.2) is 4.98 Å². The maximum absolute atomic E-state index is 5.48. The number of fused-ring (bicyclic) bond motifs is 1. The van der Waals surface area contributed by atoms with Crippen molar-refractivity contribution >= 4 is 5.95 Å². The van der Waals surface area contributed by atoms with E-state index in [0.29, 0.717) is 6.04 Å². The number of nitrogens with two attached hydrogens (primary N) is 1. The van der Waals surface area contributed by atoms with Crippen LogP contribution in [-0.4, -0.2) is 32.7 Å². The van der Waals surface area contributed by atoms with Gasteiger partial charge >= 0.3 is 0 Å². The molecule has 5 nitrogen and oxygen atoms in total. The fraction of sp³-hybridized carbons (Fsp3) is 0.667. The highest BCUT2D eigenvalue weighted by Gasteiger charge is 2.20. The van der Waals surface area contributed by atoms with Crippen molar-refractivity contribution in [1.82, 2.24) is 20.1 Å². The summed E-state index contributed by atoms with van der Waals surface area (Å²) >= 11 is 0. The maximum atomic E-state index is 5.48. The molecule has 0 saturated carbocycles. The molecule has 1 aliphatic heterocycles. The molecule has 0 atom stereocenters. The molecule has 2 rings (SSSR count). The van der Waals surface area contributed by atoms with Crippen molar-refractivity contribution in [2.45, 2.75) is 32.9 Å². The van der Waals surface area contributed by atoms with Gasteiger partial charge in [-0.15, -0.1) is 10.2 Å². The summed E-state index contributed by atoms with van der Waals surface area (Å²) in [4.78, 5) is 6.54. The van der Waals surface area contributed by atoms with Crippen LogP contribution in [0.3, 0.4) is 0 Å². The Bertz CT molecular complexity index is 336. The van der Waals surface area contributed by atoms with Crippen LogP contribution in [0.5, 0.6) is 0 Å². The van der Waals surface area contributed by atoms with E-state index in [9.17, 15) is 0 Å². The van der Waals surface area contributed by atoms with Crippen molar-refractivity contribution < 1.29 is 0 Å². The van der Waals surface area contributed by atoms with Gasteiger partial charge in [-0.05, 0) is 13.8 Å². The monoisotopic (exact) mass is 193 g/mol. The van der Waals surface area contributed by atoms with E-state index in [4.69, 9.17) is 5.73 Å². The third kappa shape index (κ3) is 1.68. The maximum Gasteiger partial charge on any atom is 0.240 e. The van der Waals surface area contributed by atoms with Crippen LogP contribution in [0, 0.1) is 0 Å². The molecule has 1 aromatic rings. The Kier molecular flexibility index (Phi) is 2.33. The highest BCUT2D eigenvalue weighted by molar-refractivity contribution is 5.21. The Hall–Kier alpha value is -1.23. The van der Waals surface area contributed by atoms with E-state index in [1.165, 1.54) is 0 Å². The van der Waals surface area contributed by atoms with Crippen molar-refractivity contribution in [2.75, 3.05) is 12.3 Å². The first-order valence-electron chi connectivity index (χ1n) is 4.89. The highest BCUT2D eigenvalue weighted by atomic mass is 15.2. The van der Waals surface area contributed by atoms with Crippen LogP contribution >= 0.6 is 0 Å². The van der Waals surface area contributed by atoms with Gasteiger partial charge in [-0.2, -0.15) is 0 Å². The molecule has 1 aromatic heterocycles. The Balaban J connectivity index is 2.23. The van der Waals surface area contributed by atoms with Crippen LogP contribution in [0.25, 0.3) is 0 Å². The number of aromatic nitrogens is 3. The molecule has 0 saturated heterocycles. The molecular formula is C9H15N5. The lowest BCUT2D eigenvalue weighted by Crippen LogP contribution is -2.37.